The van der Waals surface area contributed by atoms with E-state index < -0.39 is 0 Å². The molecule has 0 bridgehead atoms. The third kappa shape index (κ3) is 7.38. The number of nitrogens with zero attached hydrogens (tertiary/aromatic N) is 1. The summed E-state index contributed by atoms with van der Waals surface area (Å²) in [5.41, 5.74) is 0. The predicted octanol–water partition coefficient (Wildman–Crippen LogP) is 3.91. The van der Waals surface area contributed by atoms with Crippen molar-refractivity contribution in [2.45, 2.75) is 79.3 Å². The second kappa shape index (κ2) is 10.8. The van der Waals surface area contributed by atoms with Crippen molar-refractivity contribution in [2.75, 3.05) is 19.6 Å². The van der Waals surface area contributed by atoms with Crippen LogP contribution >= 0.6 is 0 Å². The Balaban J connectivity index is 4.31. The van der Waals surface area contributed by atoms with Crippen molar-refractivity contribution in [1.82, 2.24) is 10.2 Å². The van der Waals surface area contributed by atoms with Crippen molar-refractivity contribution in [3.8, 4) is 0 Å². The summed E-state index contributed by atoms with van der Waals surface area (Å²) in [6.07, 6.45) is 5.28. The predicted molar refractivity (Wildman–Crippen MR) is 83.2 cm³/mol. The first-order chi connectivity index (χ1) is 8.56. The van der Waals surface area contributed by atoms with Gasteiger partial charge in [-0.25, -0.2) is 0 Å². The Labute approximate surface area is 116 Å². The van der Waals surface area contributed by atoms with Gasteiger partial charge >= 0.3 is 0 Å². The fraction of sp³-hybridized carbons (Fsp3) is 1.00. The molecule has 2 unspecified atom stereocenters. The smallest absolute Gasteiger partial charge is 0.0220 e. The Kier molecular flexibility index (Phi) is 10.8. The van der Waals surface area contributed by atoms with Crippen LogP contribution in [0.5, 0.6) is 0 Å². The van der Waals surface area contributed by atoms with E-state index in [2.05, 4.69) is 51.8 Å². The zero-order chi connectivity index (χ0) is 14.0. The highest BCUT2D eigenvalue weighted by Gasteiger charge is 2.19. The maximum atomic E-state index is 3.67. The standard InChI is InChI=1S/C16H36N2/c1-7-10-11-12-18(14(4)5)13-16(17-9-3)15(6)8-2/h14-17H,7-13H2,1-6H3. The van der Waals surface area contributed by atoms with Crippen LogP contribution in [0.15, 0.2) is 0 Å². The molecule has 0 radical (unpaired) electrons. The van der Waals surface area contributed by atoms with Gasteiger partial charge in [0.15, 0.2) is 0 Å². The minimum absolute atomic E-state index is 0.643. The number of nitrogens with one attached hydrogen (secondary N) is 1. The Morgan fingerprint density at radius 1 is 1.00 bits per heavy atom. The topological polar surface area (TPSA) is 15.3 Å². The van der Waals surface area contributed by atoms with Gasteiger partial charge in [0, 0.05) is 18.6 Å². The van der Waals surface area contributed by atoms with Crippen molar-refractivity contribution in [3.05, 3.63) is 0 Å². The quantitative estimate of drug-likeness (QED) is 0.564. The van der Waals surface area contributed by atoms with Crippen LogP contribution in [0, 0.1) is 5.92 Å². The Bertz CT molecular complexity index is 180. The van der Waals surface area contributed by atoms with Crippen LogP contribution in [0.3, 0.4) is 0 Å². The van der Waals surface area contributed by atoms with E-state index in [0.717, 1.165) is 12.5 Å². The minimum atomic E-state index is 0.643. The summed E-state index contributed by atoms with van der Waals surface area (Å²) < 4.78 is 0. The van der Waals surface area contributed by atoms with Gasteiger partial charge in [-0.3, -0.25) is 4.90 Å². The van der Waals surface area contributed by atoms with E-state index in [0.29, 0.717) is 12.1 Å². The fourth-order valence-electron chi connectivity index (χ4n) is 2.37. The van der Waals surface area contributed by atoms with E-state index in [1.54, 1.807) is 0 Å². The molecule has 0 aromatic rings. The van der Waals surface area contributed by atoms with Crippen molar-refractivity contribution >= 4 is 0 Å². The molecule has 0 aliphatic carbocycles. The van der Waals surface area contributed by atoms with E-state index in [4.69, 9.17) is 0 Å². The molecule has 2 atom stereocenters. The molecule has 2 heteroatoms. The summed E-state index contributed by atoms with van der Waals surface area (Å²) in [7, 11) is 0. The van der Waals surface area contributed by atoms with Crippen LogP contribution < -0.4 is 5.32 Å². The van der Waals surface area contributed by atoms with Gasteiger partial charge in [-0.05, 0) is 39.3 Å². The van der Waals surface area contributed by atoms with Crippen LogP contribution in [0.4, 0.5) is 0 Å². The molecule has 2 nitrogen and oxygen atoms in total. The maximum absolute atomic E-state index is 3.67. The zero-order valence-electron chi connectivity index (χ0n) is 13.6. The van der Waals surface area contributed by atoms with Crippen LogP contribution in [0.2, 0.25) is 0 Å². The molecule has 0 spiro atoms. The van der Waals surface area contributed by atoms with Gasteiger partial charge in [-0.1, -0.05) is 47.0 Å². The van der Waals surface area contributed by atoms with E-state index in [-0.39, 0.29) is 0 Å². The molecule has 18 heavy (non-hydrogen) atoms. The molecule has 0 amide bonds. The molecule has 0 aliphatic heterocycles. The first-order valence-corrected chi connectivity index (χ1v) is 8.04. The highest BCUT2D eigenvalue weighted by Crippen LogP contribution is 2.12. The van der Waals surface area contributed by atoms with Crippen molar-refractivity contribution in [3.63, 3.8) is 0 Å². The Hall–Kier alpha value is -0.0800. The normalized spacial score (nSPS) is 15.3. The summed E-state index contributed by atoms with van der Waals surface area (Å²) in [4.78, 5) is 2.65. The van der Waals surface area contributed by atoms with Gasteiger partial charge in [0.25, 0.3) is 0 Å². The lowest BCUT2D eigenvalue weighted by molar-refractivity contribution is 0.172. The molecule has 0 saturated carbocycles. The van der Waals surface area contributed by atoms with Crippen LogP contribution in [-0.4, -0.2) is 36.6 Å². The Morgan fingerprint density at radius 3 is 2.11 bits per heavy atom. The number of rotatable bonds is 11. The van der Waals surface area contributed by atoms with Gasteiger partial charge in [0.2, 0.25) is 0 Å². The molecule has 0 aromatic carbocycles. The summed E-state index contributed by atoms with van der Waals surface area (Å²) in [6.45, 7) is 17.3. The molecular weight excluding hydrogens is 220 g/mol. The van der Waals surface area contributed by atoms with Crippen molar-refractivity contribution < 1.29 is 0 Å². The third-order valence-corrected chi connectivity index (χ3v) is 4.01. The summed E-state index contributed by atoms with van der Waals surface area (Å²) in [5.74, 6) is 0.761. The second-order valence-corrected chi connectivity index (χ2v) is 5.85. The average molecular weight is 256 g/mol. The molecule has 1 N–H and O–H groups in total. The lowest BCUT2D eigenvalue weighted by atomic mass is 9.98. The Morgan fingerprint density at radius 2 is 1.67 bits per heavy atom. The lowest BCUT2D eigenvalue weighted by Crippen LogP contribution is -2.47. The number of unbranched alkanes of at least 4 members (excludes halogenated alkanes) is 2. The van der Waals surface area contributed by atoms with Gasteiger partial charge < -0.3 is 5.32 Å². The van der Waals surface area contributed by atoms with E-state index >= 15 is 0 Å². The van der Waals surface area contributed by atoms with E-state index in [9.17, 15) is 0 Å². The highest BCUT2D eigenvalue weighted by atomic mass is 15.2. The third-order valence-electron chi connectivity index (χ3n) is 4.01. The zero-order valence-corrected chi connectivity index (χ0v) is 13.6. The molecule has 0 heterocycles. The molecule has 0 aliphatic rings. The van der Waals surface area contributed by atoms with Gasteiger partial charge in [0.1, 0.15) is 0 Å². The fourth-order valence-corrected chi connectivity index (χ4v) is 2.37. The van der Waals surface area contributed by atoms with Crippen molar-refractivity contribution in [2.24, 2.45) is 5.92 Å². The first-order valence-electron chi connectivity index (χ1n) is 8.04. The van der Waals surface area contributed by atoms with Crippen LogP contribution in [0.25, 0.3) is 0 Å². The van der Waals surface area contributed by atoms with Gasteiger partial charge in [-0.15, -0.1) is 0 Å². The van der Waals surface area contributed by atoms with Gasteiger partial charge in [0.05, 0.1) is 0 Å². The molecule has 0 aromatic heterocycles. The maximum Gasteiger partial charge on any atom is 0.0220 e. The van der Waals surface area contributed by atoms with E-state index in [1.807, 2.05) is 0 Å². The van der Waals surface area contributed by atoms with Crippen LogP contribution in [-0.2, 0) is 0 Å². The molecular formula is C16H36N2. The lowest BCUT2D eigenvalue weighted by Gasteiger charge is -2.33. The van der Waals surface area contributed by atoms with E-state index in [1.165, 1.54) is 38.8 Å². The molecule has 0 fully saturated rings. The highest BCUT2D eigenvalue weighted by molar-refractivity contribution is 4.78. The average Bonchev–Trinajstić information content (AvgIpc) is 2.35. The first kappa shape index (κ1) is 17.9. The number of likely N-dealkylation sites (N-methyl/N-ethyl adjacent to an activating group) is 1. The SMILES string of the molecule is CCCCCN(CC(NCC)C(C)CC)C(C)C. The van der Waals surface area contributed by atoms with Gasteiger partial charge in [-0.2, -0.15) is 0 Å². The second-order valence-electron chi connectivity index (χ2n) is 5.85. The largest absolute Gasteiger partial charge is 0.313 e. The number of hydrogen-bond acceptors (Lipinski definition) is 2. The van der Waals surface area contributed by atoms with Crippen molar-refractivity contribution in [1.29, 1.82) is 0 Å². The molecule has 0 rings (SSSR count). The summed E-state index contributed by atoms with van der Waals surface area (Å²) in [5, 5.41) is 3.67. The van der Waals surface area contributed by atoms with Crippen LogP contribution in [0.1, 0.15) is 67.2 Å². The summed E-state index contributed by atoms with van der Waals surface area (Å²) in [6, 6.07) is 1.30. The minimum Gasteiger partial charge on any atom is -0.313 e. The summed E-state index contributed by atoms with van der Waals surface area (Å²) >= 11 is 0. The monoisotopic (exact) mass is 256 g/mol. The number of hydrogen-bond donors (Lipinski definition) is 1. The molecule has 110 valence electrons. The molecule has 0 saturated heterocycles.